The van der Waals surface area contributed by atoms with Gasteiger partial charge in [-0.1, -0.05) is 6.58 Å². The molecule has 0 amide bonds. The number of hydrogen-bond acceptors (Lipinski definition) is 6. The molecule has 10 heteroatoms. The summed E-state index contributed by atoms with van der Waals surface area (Å²) in [5.41, 5.74) is 8.97. The van der Waals surface area contributed by atoms with Crippen molar-refractivity contribution in [2.75, 3.05) is 14.2 Å². The molecule has 0 aliphatic heterocycles. The fourth-order valence-corrected chi connectivity index (χ4v) is 4.47. The Hall–Kier alpha value is -3.79. The van der Waals surface area contributed by atoms with Crippen molar-refractivity contribution in [1.29, 1.82) is 0 Å². The van der Waals surface area contributed by atoms with Crippen LogP contribution < -0.4 is 10.5 Å². The van der Waals surface area contributed by atoms with Gasteiger partial charge in [-0.05, 0) is 56.2 Å². The number of ether oxygens (including phenoxy) is 2. The van der Waals surface area contributed by atoms with Crippen LogP contribution in [0.4, 0.5) is 8.78 Å². The minimum Gasteiger partial charge on any atom is -0.494 e. The normalized spacial score (nSPS) is 14.8. The largest absolute Gasteiger partial charge is 0.494 e. The fourth-order valence-electron chi connectivity index (χ4n) is 4.47. The fraction of sp³-hybridized carbons (Fsp3) is 0.346. The Morgan fingerprint density at radius 1 is 1.28 bits per heavy atom. The molecule has 0 saturated heterocycles. The standard InChI is InChI=1S/C26H27F2N5O3/c1-5-26(27,28)13-32-20(11-15-6-9-18(14(2)29)30-23(15)32)24-31-19-10-16(25(34)36-4)12-21(35-3)22(19)33(24)17-7-8-17/h5-6,9-12,14,17H,1,7-8,13,29H2,2-4H3/t14-/m1/s1. The lowest BCUT2D eigenvalue weighted by atomic mass is 10.2. The lowest BCUT2D eigenvalue weighted by molar-refractivity contribution is 0.0379. The molecule has 2 N–H and O–H groups in total. The van der Waals surface area contributed by atoms with E-state index in [0.29, 0.717) is 51.1 Å². The Balaban J connectivity index is 1.82. The molecule has 1 aliphatic carbocycles. The second kappa shape index (κ2) is 8.70. The summed E-state index contributed by atoms with van der Waals surface area (Å²) < 4.78 is 43.4. The number of carbonyl (C=O) groups excluding carboxylic acids is 1. The Kier molecular flexibility index (Phi) is 5.78. The molecule has 4 aromatic rings. The number of nitrogens with two attached hydrogens (primary N) is 1. The zero-order valence-corrected chi connectivity index (χ0v) is 20.3. The molecule has 1 fully saturated rings. The summed E-state index contributed by atoms with van der Waals surface area (Å²) in [6.45, 7) is 4.43. The number of methoxy groups -OCH3 is 2. The van der Waals surface area contributed by atoms with E-state index >= 15 is 0 Å². The first-order valence-corrected chi connectivity index (χ1v) is 11.6. The number of benzene rings is 1. The van der Waals surface area contributed by atoms with E-state index in [1.165, 1.54) is 18.8 Å². The molecule has 36 heavy (non-hydrogen) atoms. The minimum atomic E-state index is -3.18. The van der Waals surface area contributed by atoms with E-state index in [-0.39, 0.29) is 17.6 Å². The number of allylic oxidation sites excluding steroid dienone is 1. The van der Waals surface area contributed by atoms with Gasteiger partial charge in [0.1, 0.15) is 16.9 Å². The van der Waals surface area contributed by atoms with E-state index in [4.69, 9.17) is 20.2 Å². The maximum atomic E-state index is 14.7. The van der Waals surface area contributed by atoms with E-state index in [1.54, 1.807) is 31.2 Å². The van der Waals surface area contributed by atoms with E-state index in [2.05, 4.69) is 11.6 Å². The van der Waals surface area contributed by atoms with Crippen LogP contribution in [0.2, 0.25) is 0 Å². The molecule has 1 aromatic carbocycles. The number of esters is 1. The highest BCUT2D eigenvalue weighted by Gasteiger charge is 2.34. The molecule has 0 spiro atoms. The summed E-state index contributed by atoms with van der Waals surface area (Å²) in [5.74, 6) is -2.76. The van der Waals surface area contributed by atoms with Gasteiger partial charge in [0.25, 0.3) is 5.92 Å². The lowest BCUT2D eigenvalue weighted by Crippen LogP contribution is -2.22. The molecule has 0 unspecified atom stereocenters. The van der Waals surface area contributed by atoms with Crippen molar-refractivity contribution in [2.45, 2.75) is 44.3 Å². The van der Waals surface area contributed by atoms with Gasteiger partial charge in [0.2, 0.25) is 0 Å². The van der Waals surface area contributed by atoms with Crippen LogP contribution in [0.15, 0.2) is 43.0 Å². The average Bonchev–Trinajstić information content (AvgIpc) is 3.55. The van der Waals surface area contributed by atoms with Crippen LogP contribution in [0.5, 0.6) is 5.75 Å². The van der Waals surface area contributed by atoms with Crippen LogP contribution in [0.3, 0.4) is 0 Å². The lowest BCUT2D eigenvalue weighted by Gasteiger charge is -2.17. The van der Waals surface area contributed by atoms with Crippen molar-refractivity contribution in [3.63, 3.8) is 0 Å². The van der Waals surface area contributed by atoms with Gasteiger partial charge in [-0.3, -0.25) is 0 Å². The maximum absolute atomic E-state index is 14.7. The van der Waals surface area contributed by atoms with Gasteiger partial charge in [0.15, 0.2) is 5.82 Å². The van der Waals surface area contributed by atoms with Crippen LogP contribution >= 0.6 is 0 Å². The topological polar surface area (TPSA) is 97.2 Å². The number of imidazole rings is 1. The second-order valence-corrected chi connectivity index (χ2v) is 9.09. The van der Waals surface area contributed by atoms with Crippen LogP contribution in [-0.4, -0.2) is 45.2 Å². The molecule has 0 radical (unpaired) electrons. The predicted molar refractivity (Wildman–Crippen MR) is 132 cm³/mol. The highest BCUT2D eigenvalue weighted by atomic mass is 19.3. The van der Waals surface area contributed by atoms with Gasteiger partial charge in [0.05, 0.1) is 43.2 Å². The number of aromatic nitrogens is 4. The summed E-state index contributed by atoms with van der Waals surface area (Å²) in [6, 6.07) is 8.43. The maximum Gasteiger partial charge on any atom is 0.338 e. The molecule has 8 nitrogen and oxygen atoms in total. The number of alkyl halides is 2. The average molecular weight is 496 g/mol. The minimum absolute atomic E-state index is 0.127. The predicted octanol–water partition coefficient (Wildman–Crippen LogP) is 5.02. The highest BCUT2D eigenvalue weighted by Crippen LogP contribution is 2.45. The first-order valence-electron chi connectivity index (χ1n) is 11.6. The molecular weight excluding hydrogens is 468 g/mol. The van der Waals surface area contributed by atoms with Crippen LogP contribution in [0.25, 0.3) is 33.6 Å². The van der Waals surface area contributed by atoms with E-state index < -0.39 is 18.4 Å². The number of fused-ring (bicyclic) bond motifs is 2. The quantitative estimate of drug-likeness (QED) is 0.272. The monoisotopic (exact) mass is 495 g/mol. The molecule has 1 saturated carbocycles. The van der Waals surface area contributed by atoms with Crippen molar-refractivity contribution in [3.05, 3.63) is 54.2 Å². The Labute approximate surface area is 206 Å². The summed E-state index contributed by atoms with van der Waals surface area (Å²) in [7, 11) is 2.82. The molecule has 3 aromatic heterocycles. The molecular formula is C26H27F2N5O3. The zero-order valence-electron chi connectivity index (χ0n) is 20.3. The molecule has 5 rings (SSSR count). The number of hydrogen-bond donors (Lipinski definition) is 1. The van der Waals surface area contributed by atoms with Crippen LogP contribution in [-0.2, 0) is 11.3 Å². The van der Waals surface area contributed by atoms with Crippen LogP contribution in [0, 0.1) is 0 Å². The van der Waals surface area contributed by atoms with Crippen molar-refractivity contribution in [2.24, 2.45) is 5.73 Å². The second-order valence-electron chi connectivity index (χ2n) is 9.09. The molecule has 188 valence electrons. The van der Waals surface area contributed by atoms with Crippen molar-refractivity contribution in [1.82, 2.24) is 19.1 Å². The van der Waals surface area contributed by atoms with Gasteiger partial charge in [-0.2, -0.15) is 0 Å². The Bertz CT molecular complexity index is 1500. The Morgan fingerprint density at radius 3 is 2.64 bits per heavy atom. The molecule has 3 heterocycles. The first-order chi connectivity index (χ1) is 17.2. The van der Waals surface area contributed by atoms with E-state index in [9.17, 15) is 13.6 Å². The van der Waals surface area contributed by atoms with Gasteiger partial charge < -0.3 is 24.3 Å². The van der Waals surface area contributed by atoms with Gasteiger partial charge in [-0.25, -0.2) is 23.5 Å². The number of halogens is 2. The summed E-state index contributed by atoms with van der Waals surface area (Å²) in [5, 5.41) is 0.686. The number of rotatable bonds is 8. The third-order valence-electron chi connectivity index (χ3n) is 6.43. The third-order valence-corrected chi connectivity index (χ3v) is 6.43. The summed E-state index contributed by atoms with van der Waals surface area (Å²) in [4.78, 5) is 21.7. The molecule has 0 bridgehead atoms. The number of nitrogens with zero attached hydrogens (tertiary/aromatic N) is 4. The number of pyridine rings is 1. The summed E-state index contributed by atoms with van der Waals surface area (Å²) in [6.07, 6.45) is 2.46. The molecule has 1 aliphatic rings. The smallest absolute Gasteiger partial charge is 0.338 e. The highest BCUT2D eigenvalue weighted by molar-refractivity contribution is 5.97. The summed E-state index contributed by atoms with van der Waals surface area (Å²) >= 11 is 0. The number of carbonyl (C=O) groups is 1. The van der Waals surface area contributed by atoms with E-state index in [0.717, 1.165) is 12.8 Å². The van der Waals surface area contributed by atoms with E-state index in [1.807, 2.05) is 10.6 Å². The van der Waals surface area contributed by atoms with Gasteiger partial charge in [-0.15, -0.1) is 0 Å². The molecule has 1 atom stereocenters. The van der Waals surface area contributed by atoms with Crippen molar-refractivity contribution < 1.29 is 23.0 Å². The SMILES string of the molecule is C=CC(F)(F)Cn1c(-c2nc3cc(C(=O)OC)cc(OC)c3n2C2CC2)cc2ccc([C@@H](C)N)nc21. The Morgan fingerprint density at radius 2 is 2.03 bits per heavy atom. The van der Waals surface area contributed by atoms with Gasteiger partial charge >= 0.3 is 5.97 Å². The van der Waals surface area contributed by atoms with Crippen molar-refractivity contribution in [3.8, 4) is 17.3 Å². The van der Waals surface area contributed by atoms with Crippen LogP contribution in [0.1, 0.15) is 47.9 Å². The van der Waals surface area contributed by atoms with Crippen molar-refractivity contribution >= 4 is 28.0 Å². The first kappa shape index (κ1) is 23.9. The zero-order chi connectivity index (χ0) is 25.8. The van der Waals surface area contributed by atoms with Gasteiger partial charge in [0, 0.05) is 17.5 Å². The third kappa shape index (κ3) is 4.01.